The molecule has 0 saturated heterocycles. The number of benzene rings is 3. The van der Waals surface area contributed by atoms with Gasteiger partial charge in [-0.25, -0.2) is 0 Å². The average molecular weight is 476 g/mol. The Balaban J connectivity index is 1.61. The van der Waals surface area contributed by atoms with Crippen LogP contribution in [0.1, 0.15) is 57.5 Å². The van der Waals surface area contributed by atoms with Crippen LogP contribution in [0.15, 0.2) is 66.7 Å². The highest BCUT2D eigenvalue weighted by molar-refractivity contribution is 6.30. The largest absolute Gasteiger partial charge is 0.369 e. The van der Waals surface area contributed by atoms with Crippen molar-refractivity contribution in [1.29, 1.82) is 0 Å². The summed E-state index contributed by atoms with van der Waals surface area (Å²) >= 11 is 6.20. The molecule has 0 radical (unpaired) electrons. The first-order valence-electron chi connectivity index (χ1n) is 11.2. The third-order valence-corrected chi connectivity index (χ3v) is 6.52. The molecule has 0 saturated carbocycles. The molecule has 174 valence electrons. The van der Waals surface area contributed by atoms with Gasteiger partial charge >= 0.3 is 0 Å². The van der Waals surface area contributed by atoms with E-state index in [0.717, 1.165) is 5.56 Å². The lowest BCUT2D eigenvalue weighted by atomic mass is 9.93. The van der Waals surface area contributed by atoms with Crippen LogP contribution in [-0.2, 0) is 4.79 Å². The van der Waals surface area contributed by atoms with Crippen molar-refractivity contribution in [2.24, 2.45) is 5.73 Å². The Morgan fingerprint density at radius 1 is 1.00 bits per heavy atom. The molecule has 2 unspecified atom stereocenters. The summed E-state index contributed by atoms with van der Waals surface area (Å²) in [5, 5.41) is 3.36. The van der Waals surface area contributed by atoms with E-state index in [2.05, 4.69) is 5.32 Å². The maximum atomic E-state index is 13.6. The van der Waals surface area contributed by atoms with E-state index >= 15 is 0 Å². The van der Waals surface area contributed by atoms with Crippen LogP contribution in [-0.4, -0.2) is 23.8 Å². The molecule has 3 amide bonds. The SMILES string of the molecule is Cc1ccccc1C(=O)Nc1ccc(C(=O)N2c3ccc(Cl)cc3C(C(N)=O)CCC2C)cc1. The first-order chi connectivity index (χ1) is 16.3. The van der Waals surface area contributed by atoms with Gasteiger partial charge in [-0.15, -0.1) is 0 Å². The van der Waals surface area contributed by atoms with Gasteiger partial charge in [-0.2, -0.15) is 0 Å². The van der Waals surface area contributed by atoms with Gasteiger partial charge in [-0.1, -0.05) is 29.8 Å². The molecule has 2 atom stereocenters. The van der Waals surface area contributed by atoms with E-state index in [1.165, 1.54) is 0 Å². The molecule has 0 fully saturated rings. The molecule has 0 spiro atoms. The topological polar surface area (TPSA) is 92.5 Å². The van der Waals surface area contributed by atoms with Crippen molar-refractivity contribution in [3.8, 4) is 0 Å². The summed E-state index contributed by atoms with van der Waals surface area (Å²) in [4.78, 5) is 40.0. The van der Waals surface area contributed by atoms with Gasteiger partial charge in [-0.3, -0.25) is 14.4 Å². The second-order valence-corrected chi connectivity index (χ2v) is 9.04. The first kappa shape index (κ1) is 23.5. The van der Waals surface area contributed by atoms with Crippen LogP contribution in [0.3, 0.4) is 0 Å². The molecule has 6 nitrogen and oxygen atoms in total. The molecule has 7 heteroatoms. The van der Waals surface area contributed by atoms with Crippen molar-refractivity contribution in [1.82, 2.24) is 0 Å². The molecule has 0 aromatic heterocycles. The van der Waals surface area contributed by atoms with Gasteiger partial charge in [0, 0.05) is 33.6 Å². The number of aryl methyl sites for hydroxylation is 1. The maximum Gasteiger partial charge on any atom is 0.258 e. The van der Waals surface area contributed by atoms with Gasteiger partial charge in [0.15, 0.2) is 0 Å². The molecule has 1 aliphatic heterocycles. The minimum Gasteiger partial charge on any atom is -0.369 e. The summed E-state index contributed by atoms with van der Waals surface area (Å²) in [6.07, 6.45) is 1.16. The minimum absolute atomic E-state index is 0.141. The van der Waals surface area contributed by atoms with E-state index in [0.29, 0.717) is 45.9 Å². The van der Waals surface area contributed by atoms with Crippen LogP contribution in [0, 0.1) is 6.92 Å². The molecule has 34 heavy (non-hydrogen) atoms. The van der Waals surface area contributed by atoms with Crippen molar-refractivity contribution < 1.29 is 14.4 Å². The third-order valence-electron chi connectivity index (χ3n) is 6.28. The number of hydrogen-bond acceptors (Lipinski definition) is 3. The predicted octanol–water partition coefficient (Wildman–Crippen LogP) is 5.30. The molecule has 3 aromatic rings. The van der Waals surface area contributed by atoms with E-state index in [9.17, 15) is 14.4 Å². The molecule has 3 N–H and O–H groups in total. The number of amides is 3. The van der Waals surface area contributed by atoms with Crippen LogP contribution in [0.4, 0.5) is 11.4 Å². The van der Waals surface area contributed by atoms with Crippen molar-refractivity contribution in [2.75, 3.05) is 10.2 Å². The summed E-state index contributed by atoms with van der Waals surface area (Å²) in [5.74, 6) is -1.34. The van der Waals surface area contributed by atoms with Crippen LogP contribution >= 0.6 is 11.6 Å². The molecule has 0 aliphatic carbocycles. The number of anilines is 2. The Labute approximate surface area is 203 Å². The Morgan fingerprint density at radius 2 is 1.71 bits per heavy atom. The number of rotatable bonds is 4. The number of fused-ring (bicyclic) bond motifs is 1. The van der Waals surface area contributed by atoms with Crippen molar-refractivity contribution in [3.63, 3.8) is 0 Å². The normalized spacial score (nSPS) is 17.4. The van der Waals surface area contributed by atoms with Gasteiger partial charge in [0.25, 0.3) is 11.8 Å². The second-order valence-electron chi connectivity index (χ2n) is 8.61. The predicted molar refractivity (Wildman–Crippen MR) is 134 cm³/mol. The lowest BCUT2D eigenvalue weighted by Gasteiger charge is -2.29. The number of hydrogen-bond donors (Lipinski definition) is 2. The van der Waals surface area contributed by atoms with Crippen molar-refractivity contribution in [3.05, 3.63) is 94.0 Å². The fraction of sp³-hybridized carbons (Fsp3) is 0.222. The monoisotopic (exact) mass is 475 g/mol. The molecule has 0 bridgehead atoms. The highest BCUT2D eigenvalue weighted by atomic mass is 35.5. The number of carbonyl (C=O) groups is 3. The molecular formula is C27H26ClN3O3. The number of halogens is 1. The van der Waals surface area contributed by atoms with Crippen LogP contribution in [0.5, 0.6) is 0 Å². The summed E-state index contributed by atoms with van der Waals surface area (Å²) in [5.41, 5.74) is 9.52. The van der Waals surface area contributed by atoms with E-state index in [4.69, 9.17) is 17.3 Å². The molecule has 1 heterocycles. The quantitative estimate of drug-likeness (QED) is 0.536. The number of primary amides is 1. The van der Waals surface area contributed by atoms with Crippen molar-refractivity contribution >= 4 is 40.7 Å². The lowest BCUT2D eigenvalue weighted by molar-refractivity contribution is -0.119. The third kappa shape index (κ3) is 4.68. The maximum absolute atomic E-state index is 13.6. The van der Waals surface area contributed by atoms with E-state index in [1.807, 2.05) is 32.0 Å². The zero-order valence-corrected chi connectivity index (χ0v) is 19.8. The Bertz CT molecular complexity index is 1260. The number of carbonyl (C=O) groups excluding carboxylic acids is 3. The highest BCUT2D eigenvalue weighted by Crippen LogP contribution is 2.39. The number of nitrogens with one attached hydrogen (secondary N) is 1. The molecule has 4 rings (SSSR count). The van der Waals surface area contributed by atoms with Gasteiger partial charge in [0.2, 0.25) is 5.91 Å². The van der Waals surface area contributed by atoms with Gasteiger partial charge in [-0.05, 0) is 86.3 Å². The number of nitrogens with two attached hydrogens (primary N) is 1. The fourth-order valence-corrected chi connectivity index (χ4v) is 4.60. The van der Waals surface area contributed by atoms with E-state index in [1.54, 1.807) is 53.4 Å². The first-order valence-corrected chi connectivity index (χ1v) is 11.5. The standard InChI is InChI=1S/C27H26ClN3O3/c1-16-5-3-4-6-21(16)26(33)30-20-11-8-18(9-12-20)27(34)31-17(2)7-13-22(25(29)32)23-15-19(28)10-14-24(23)31/h3-6,8-12,14-15,17,22H,7,13H2,1-2H3,(H2,29,32)(H,30,33). The van der Waals surface area contributed by atoms with Crippen LogP contribution in [0.25, 0.3) is 0 Å². The average Bonchev–Trinajstić information content (AvgIpc) is 2.95. The second kappa shape index (κ2) is 9.69. The van der Waals surface area contributed by atoms with E-state index in [-0.39, 0.29) is 17.9 Å². The number of nitrogens with zero attached hydrogens (tertiary/aromatic N) is 1. The minimum atomic E-state index is -0.506. The Morgan fingerprint density at radius 3 is 2.38 bits per heavy atom. The van der Waals surface area contributed by atoms with Gasteiger partial charge in [0.1, 0.15) is 0 Å². The molecule has 1 aliphatic rings. The smallest absolute Gasteiger partial charge is 0.258 e. The highest BCUT2D eigenvalue weighted by Gasteiger charge is 2.33. The fourth-order valence-electron chi connectivity index (χ4n) is 4.42. The molecular weight excluding hydrogens is 450 g/mol. The zero-order chi connectivity index (χ0) is 24.4. The Kier molecular flexibility index (Phi) is 6.70. The van der Waals surface area contributed by atoms with Gasteiger partial charge in [0.05, 0.1) is 5.92 Å². The van der Waals surface area contributed by atoms with E-state index < -0.39 is 11.8 Å². The summed E-state index contributed by atoms with van der Waals surface area (Å²) < 4.78 is 0. The lowest BCUT2D eigenvalue weighted by Crippen LogP contribution is -2.38. The van der Waals surface area contributed by atoms with Gasteiger partial charge < -0.3 is 16.0 Å². The van der Waals surface area contributed by atoms with Crippen LogP contribution in [0.2, 0.25) is 5.02 Å². The van der Waals surface area contributed by atoms with Crippen molar-refractivity contribution in [2.45, 2.75) is 38.6 Å². The summed E-state index contributed by atoms with van der Waals surface area (Å²) in [6.45, 7) is 3.84. The Hall–Kier alpha value is -3.64. The summed E-state index contributed by atoms with van der Waals surface area (Å²) in [6, 6.07) is 19.2. The van der Waals surface area contributed by atoms with Crippen LogP contribution < -0.4 is 16.0 Å². The molecule has 3 aromatic carbocycles. The summed E-state index contributed by atoms with van der Waals surface area (Å²) in [7, 11) is 0. The zero-order valence-electron chi connectivity index (χ0n) is 19.0.